The fraction of sp³-hybridized carbons (Fsp3) is 0.250. The number of nitrogens with zero attached hydrogens (tertiary/aromatic N) is 3. The van der Waals surface area contributed by atoms with E-state index in [1.54, 1.807) is 0 Å². The van der Waals surface area contributed by atoms with Gasteiger partial charge in [-0.25, -0.2) is 13.8 Å². The lowest BCUT2D eigenvalue weighted by Crippen LogP contribution is -2.25. The lowest BCUT2D eigenvalue weighted by molar-refractivity contribution is -0.136. The molecule has 0 aliphatic heterocycles. The first-order valence-electron chi connectivity index (χ1n) is 6.02. The molecule has 0 aliphatic carbocycles. The van der Waals surface area contributed by atoms with Crippen molar-refractivity contribution >= 4 is 29.2 Å². The standard InChI is InChI=1S/C12H8Cl2F3N3O3/c13-6-3-8(15)9(2-5(6)1-7(14)10(21)22)20-12(23)19(4-18-20)11(16)17/h2-4,7,11H,1H2,(H,21,22). The van der Waals surface area contributed by atoms with Crippen LogP contribution in [0.3, 0.4) is 0 Å². The first-order valence-corrected chi connectivity index (χ1v) is 6.83. The summed E-state index contributed by atoms with van der Waals surface area (Å²) in [5.74, 6) is -2.30. The Morgan fingerprint density at radius 2 is 2.04 bits per heavy atom. The van der Waals surface area contributed by atoms with Crippen LogP contribution in [0.4, 0.5) is 13.2 Å². The molecule has 2 aromatic rings. The van der Waals surface area contributed by atoms with Gasteiger partial charge in [0.2, 0.25) is 0 Å². The average Bonchev–Trinajstić information content (AvgIpc) is 2.83. The number of alkyl halides is 3. The molecule has 0 radical (unpaired) electrons. The van der Waals surface area contributed by atoms with E-state index in [4.69, 9.17) is 28.3 Å². The fourth-order valence-electron chi connectivity index (χ4n) is 1.79. The van der Waals surface area contributed by atoms with Crippen LogP contribution in [0.2, 0.25) is 5.02 Å². The number of carbonyl (C=O) groups is 1. The van der Waals surface area contributed by atoms with Crippen LogP contribution in [0, 0.1) is 5.82 Å². The molecule has 0 fully saturated rings. The Kier molecular flexibility index (Phi) is 5.00. The Hall–Kier alpha value is -2.00. The first kappa shape index (κ1) is 17.4. The Labute approximate surface area is 136 Å². The van der Waals surface area contributed by atoms with Crippen LogP contribution in [0.1, 0.15) is 12.1 Å². The van der Waals surface area contributed by atoms with E-state index >= 15 is 0 Å². The van der Waals surface area contributed by atoms with Gasteiger partial charge >= 0.3 is 18.2 Å². The molecule has 0 bridgehead atoms. The second kappa shape index (κ2) is 6.63. The molecular weight excluding hydrogens is 362 g/mol. The zero-order valence-electron chi connectivity index (χ0n) is 11.1. The molecule has 0 aliphatic rings. The van der Waals surface area contributed by atoms with Crippen molar-refractivity contribution in [1.82, 2.24) is 14.3 Å². The van der Waals surface area contributed by atoms with Crippen LogP contribution in [0.5, 0.6) is 0 Å². The third-order valence-electron chi connectivity index (χ3n) is 2.91. The van der Waals surface area contributed by atoms with Gasteiger partial charge in [0.05, 0.1) is 0 Å². The maximum atomic E-state index is 14.0. The number of carboxylic acid groups (broad SMARTS) is 1. The molecule has 0 saturated heterocycles. The summed E-state index contributed by atoms with van der Waals surface area (Å²) in [7, 11) is 0. The van der Waals surface area contributed by atoms with Gasteiger partial charge in [-0.1, -0.05) is 11.6 Å². The number of benzene rings is 1. The van der Waals surface area contributed by atoms with E-state index in [-0.39, 0.29) is 21.6 Å². The van der Waals surface area contributed by atoms with Crippen molar-refractivity contribution in [2.45, 2.75) is 18.3 Å². The number of halogens is 5. The van der Waals surface area contributed by atoms with E-state index in [0.29, 0.717) is 11.0 Å². The second-order valence-corrected chi connectivity index (χ2v) is 5.35. The van der Waals surface area contributed by atoms with Crippen molar-refractivity contribution in [3.8, 4) is 5.69 Å². The molecule has 124 valence electrons. The molecule has 1 atom stereocenters. The lowest BCUT2D eigenvalue weighted by atomic mass is 10.1. The van der Waals surface area contributed by atoms with E-state index in [0.717, 1.165) is 12.1 Å². The quantitative estimate of drug-likeness (QED) is 0.821. The minimum absolute atomic E-state index is 0.00925. The van der Waals surface area contributed by atoms with Gasteiger partial charge in [0.1, 0.15) is 17.4 Å². The van der Waals surface area contributed by atoms with Crippen molar-refractivity contribution in [2.24, 2.45) is 0 Å². The van der Waals surface area contributed by atoms with Crippen molar-refractivity contribution in [3.63, 3.8) is 0 Å². The minimum Gasteiger partial charge on any atom is -0.480 e. The zero-order valence-corrected chi connectivity index (χ0v) is 12.6. The second-order valence-electron chi connectivity index (χ2n) is 4.42. The zero-order chi connectivity index (χ0) is 17.3. The number of aliphatic carboxylic acids is 1. The molecule has 11 heteroatoms. The summed E-state index contributed by atoms with van der Waals surface area (Å²) in [6, 6.07) is 1.87. The Balaban J connectivity index is 2.51. The first-order chi connectivity index (χ1) is 10.7. The summed E-state index contributed by atoms with van der Waals surface area (Å²) in [6.07, 6.45) is 0.301. The van der Waals surface area contributed by atoms with E-state index in [9.17, 15) is 22.8 Å². The maximum Gasteiger partial charge on any atom is 0.355 e. The largest absolute Gasteiger partial charge is 0.480 e. The number of carboxylic acids is 1. The van der Waals surface area contributed by atoms with Crippen molar-refractivity contribution in [3.05, 3.63) is 45.3 Å². The third-order valence-corrected chi connectivity index (χ3v) is 3.61. The van der Waals surface area contributed by atoms with Gasteiger partial charge in [-0.05, 0) is 17.7 Å². The summed E-state index contributed by atoms with van der Waals surface area (Å²) in [5, 5.41) is 10.7. The van der Waals surface area contributed by atoms with Crippen LogP contribution in [-0.4, -0.2) is 30.8 Å². The predicted molar refractivity (Wildman–Crippen MR) is 75.0 cm³/mol. The third kappa shape index (κ3) is 3.50. The molecular formula is C12H8Cl2F3N3O3. The minimum atomic E-state index is -3.13. The topological polar surface area (TPSA) is 77.1 Å². The average molecular weight is 370 g/mol. The number of hydrogen-bond acceptors (Lipinski definition) is 3. The van der Waals surface area contributed by atoms with Gasteiger partial charge in [-0.2, -0.15) is 18.6 Å². The monoisotopic (exact) mass is 369 g/mol. The molecule has 2 rings (SSSR count). The van der Waals surface area contributed by atoms with Crippen molar-refractivity contribution < 1.29 is 23.1 Å². The molecule has 6 nitrogen and oxygen atoms in total. The summed E-state index contributed by atoms with van der Waals surface area (Å²) in [5.41, 5.74) is -1.57. The predicted octanol–water partition coefficient (Wildman–Crippen LogP) is 2.46. The number of rotatable bonds is 5. The van der Waals surface area contributed by atoms with Gasteiger partial charge in [0, 0.05) is 11.4 Å². The van der Waals surface area contributed by atoms with Gasteiger partial charge in [-0.15, -0.1) is 11.6 Å². The highest BCUT2D eigenvalue weighted by atomic mass is 35.5. The Bertz CT molecular complexity index is 807. The van der Waals surface area contributed by atoms with Crippen molar-refractivity contribution in [1.29, 1.82) is 0 Å². The molecule has 1 N–H and O–H groups in total. The highest BCUT2D eigenvalue weighted by Crippen LogP contribution is 2.25. The molecule has 0 saturated carbocycles. The highest BCUT2D eigenvalue weighted by Gasteiger charge is 2.21. The summed E-state index contributed by atoms with van der Waals surface area (Å²) >= 11 is 11.4. The van der Waals surface area contributed by atoms with Crippen LogP contribution in [0.25, 0.3) is 5.69 Å². The Morgan fingerprint density at radius 3 is 2.57 bits per heavy atom. The van der Waals surface area contributed by atoms with Gasteiger partial charge in [0.15, 0.2) is 5.82 Å². The number of hydrogen-bond donors (Lipinski definition) is 1. The smallest absolute Gasteiger partial charge is 0.355 e. The molecule has 1 heterocycles. The van der Waals surface area contributed by atoms with Gasteiger partial charge in [0.25, 0.3) is 0 Å². The highest BCUT2D eigenvalue weighted by molar-refractivity contribution is 6.32. The molecule has 1 aromatic carbocycles. The van der Waals surface area contributed by atoms with Crippen molar-refractivity contribution in [2.75, 3.05) is 0 Å². The van der Waals surface area contributed by atoms with Gasteiger partial charge < -0.3 is 5.11 Å². The molecule has 23 heavy (non-hydrogen) atoms. The summed E-state index contributed by atoms with van der Waals surface area (Å²) in [6.45, 7) is -3.13. The molecule has 0 amide bonds. The van der Waals surface area contributed by atoms with Crippen LogP contribution < -0.4 is 5.69 Å². The maximum absolute atomic E-state index is 14.0. The van der Waals surface area contributed by atoms with Crippen LogP contribution in [0.15, 0.2) is 23.3 Å². The molecule has 0 spiro atoms. The SMILES string of the molecule is O=C(O)C(Cl)Cc1cc(-n2ncn(C(F)F)c2=O)c(F)cc1Cl. The van der Waals surface area contributed by atoms with Crippen LogP contribution in [-0.2, 0) is 11.2 Å². The lowest BCUT2D eigenvalue weighted by Gasteiger charge is -2.10. The van der Waals surface area contributed by atoms with Gasteiger partial charge in [-0.3, -0.25) is 4.79 Å². The van der Waals surface area contributed by atoms with E-state index in [1.165, 1.54) is 0 Å². The van der Waals surface area contributed by atoms with E-state index < -0.39 is 35.1 Å². The summed E-state index contributed by atoms with van der Waals surface area (Å²) in [4.78, 5) is 22.5. The summed E-state index contributed by atoms with van der Waals surface area (Å²) < 4.78 is 39.6. The Morgan fingerprint density at radius 1 is 1.39 bits per heavy atom. The molecule has 1 unspecified atom stereocenters. The van der Waals surface area contributed by atoms with E-state index in [1.807, 2.05) is 0 Å². The fourth-order valence-corrected chi connectivity index (χ4v) is 2.19. The van der Waals surface area contributed by atoms with Crippen LogP contribution >= 0.6 is 23.2 Å². The molecule has 1 aromatic heterocycles. The number of aromatic nitrogens is 3. The normalized spacial score (nSPS) is 12.6. The van der Waals surface area contributed by atoms with E-state index in [2.05, 4.69) is 5.10 Å².